The molecule has 0 aromatic rings. The standard InChI is InChI=1S/C7H14O3.H2O/c1-3-7(4-2,5-8)6(9)10;/h8H,3-5H2,1-2H3,(H,9,10);1H2. The lowest BCUT2D eigenvalue weighted by atomic mass is 9.83. The monoisotopic (exact) mass is 164 g/mol. The molecule has 0 saturated heterocycles. The summed E-state index contributed by atoms with van der Waals surface area (Å²) in [6, 6.07) is 0. The fourth-order valence-corrected chi connectivity index (χ4v) is 0.844. The van der Waals surface area contributed by atoms with E-state index in [1.165, 1.54) is 0 Å². The summed E-state index contributed by atoms with van der Waals surface area (Å²) in [6.07, 6.45) is 0.963. The molecule has 0 fully saturated rings. The summed E-state index contributed by atoms with van der Waals surface area (Å²) in [5.41, 5.74) is -0.903. The molecule has 0 radical (unpaired) electrons. The van der Waals surface area contributed by atoms with Gasteiger partial charge in [0.15, 0.2) is 0 Å². The molecule has 4 heteroatoms. The van der Waals surface area contributed by atoms with Crippen LogP contribution in [0.5, 0.6) is 0 Å². The zero-order valence-electron chi connectivity index (χ0n) is 6.92. The molecule has 68 valence electrons. The van der Waals surface area contributed by atoms with E-state index in [0.29, 0.717) is 12.8 Å². The Kier molecular flexibility index (Phi) is 6.03. The lowest BCUT2D eigenvalue weighted by Gasteiger charge is -2.23. The van der Waals surface area contributed by atoms with Crippen LogP contribution in [0.4, 0.5) is 0 Å². The fraction of sp³-hybridized carbons (Fsp3) is 0.857. The average molecular weight is 164 g/mol. The Bertz CT molecular complexity index is 109. The van der Waals surface area contributed by atoms with E-state index in [1.807, 2.05) is 0 Å². The van der Waals surface area contributed by atoms with Gasteiger partial charge in [0.05, 0.1) is 12.0 Å². The Morgan fingerprint density at radius 2 is 1.73 bits per heavy atom. The number of aliphatic hydroxyl groups is 1. The third kappa shape index (κ3) is 2.48. The van der Waals surface area contributed by atoms with Crippen molar-refractivity contribution in [3.05, 3.63) is 0 Å². The molecule has 0 rings (SSSR count). The summed E-state index contributed by atoms with van der Waals surface area (Å²) in [5.74, 6) is -0.903. The summed E-state index contributed by atoms with van der Waals surface area (Å²) >= 11 is 0. The summed E-state index contributed by atoms with van der Waals surface area (Å²) in [6.45, 7) is 3.27. The van der Waals surface area contributed by atoms with E-state index in [2.05, 4.69) is 0 Å². The van der Waals surface area contributed by atoms with Crippen LogP contribution in [-0.4, -0.2) is 28.3 Å². The number of aliphatic carboxylic acids is 1. The van der Waals surface area contributed by atoms with Gasteiger partial charge in [-0.25, -0.2) is 0 Å². The molecule has 0 aliphatic carbocycles. The van der Waals surface area contributed by atoms with Crippen LogP contribution in [0.3, 0.4) is 0 Å². The predicted octanol–water partition coefficient (Wildman–Crippen LogP) is 0.0450. The third-order valence-corrected chi connectivity index (χ3v) is 2.11. The number of hydrogen-bond acceptors (Lipinski definition) is 2. The van der Waals surface area contributed by atoms with Crippen LogP contribution in [0, 0.1) is 5.41 Å². The van der Waals surface area contributed by atoms with E-state index in [-0.39, 0.29) is 12.1 Å². The molecule has 0 amide bonds. The molecule has 0 unspecified atom stereocenters. The van der Waals surface area contributed by atoms with Gasteiger partial charge in [0.1, 0.15) is 0 Å². The molecule has 0 heterocycles. The second-order valence-electron chi connectivity index (χ2n) is 2.45. The van der Waals surface area contributed by atoms with Gasteiger partial charge in [0.25, 0.3) is 0 Å². The van der Waals surface area contributed by atoms with Crippen molar-refractivity contribution in [1.29, 1.82) is 0 Å². The maximum Gasteiger partial charge on any atom is 0.311 e. The first kappa shape index (κ1) is 13.0. The Balaban J connectivity index is 0. The van der Waals surface area contributed by atoms with Crippen molar-refractivity contribution in [3.63, 3.8) is 0 Å². The van der Waals surface area contributed by atoms with Crippen molar-refractivity contribution in [3.8, 4) is 0 Å². The van der Waals surface area contributed by atoms with Gasteiger partial charge in [0, 0.05) is 0 Å². The number of aliphatic hydroxyl groups excluding tert-OH is 1. The van der Waals surface area contributed by atoms with E-state index in [0.717, 1.165) is 0 Å². The minimum Gasteiger partial charge on any atom is -0.481 e. The summed E-state index contributed by atoms with van der Waals surface area (Å²) in [7, 11) is 0. The van der Waals surface area contributed by atoms with Crippen molar-refractivity contribution >= 4 is 5.97 Å². The zero-order valence-corrected chi connectivity index (χ0v) is 6.92. The minimum absolute atomic E-state index is 0. The Hall–Kier alpha value is -0.610. The summed E-state index contributed by atoms with van der Waals surface area (Å²) in [5, 5.41) is 17.4. The molecular formula is C7H16O4. The number of hydrogen-bond donors (Lipinski definition) is 2. The second-order valence-corrected chi connectivity index (χ2v) is 2.45. The van der Waals surface area contributed by atoms with Crippen LogP contribution in [-0.2, 0) is 4.79 Å². The first-order chi connectivity index (χ1) is 4.63. The molecule has 0 aromatic carbocycles. The molecule has 0 atom stereocenters. The second kappa shape index (κ2) is 5.09. The highest BCUT2D eigenvalue weighted by atomic mass is 16.4. The first-order valence-corrected chi connectivity index (χ1v) is 3.47. The van der Waals surface area contributed by atoms with E-state index in [1.54, 1.807) is 13.8 Å². The normalized spacial score (nSPS) is 10.5. The quantitative estimate of drug-likeness (QED) is 0.615. The lowest BCUT2D eigenvalue weighted by Crippen LogP contribution is -2.33. The highest BCUT2D eigenvalue weighted by Gasteiger charge is 2.33. The first-order valence-electron chi connectivity index (χ1n) is 3.47. The van der Waals surface area contributed by atoms with Gasteiger partial charge >= 0.3 is 5.97 Å². The fourth-order valence-electron chi connectivity index (χ4n) is 0.844. The van der Waals surface area contributed by atoms with Gasteiger partial charge in [-0.2, -0.15) is 0 Å². The molecular weight excluding hydrogens is 148 g/mol. The SMILES string of the molecule is CCC(CC)(CO)C(=O)O.O. The Morgan fingerprint density at radius 1 is 1.36 bits per heavy atom. The van der Waals surface area contributed by atoms with E-state index in [9.17, 15) is 4.79 Å². The van der Waals surface area contributed by atoms with E-state index >= 15 is 0 Å². The van der Waals surface area contributed by atoms with Crippen LogP contribution in [0.25, 0.3) is 0 Å². The van der Waals surface area contributed by atoms with Crippen LogP contribution < -0.4 is 0 Å². The van der Waals surface area contributed by atoms with Gasteiger partial charge in [-0.05, 0) is 12.8 Å². The Morgan fingerprint density at radius 3 is 1.73 bits per heavy atom. The molecule has 4 nitrogen and oxygen atoms in total. The van der Waals surface area contributed by atoms with Crippen molar-refractivity contribution < 1.29 is 20.5 Å². The number of carbonyl (C=O) groups is 1. The average Bonchev–Trinajstić information content (AvgIpc) is 1.92. The lowest BCUT2D eigenvalue weighted by molar-refractivity contribution is -0.152. The van der Waals surface area contributed by atoms with Crippen LogP contribution >= 0.6 is 0 Å². The van der Waals surface area contributed by atoms with Crippen molar-refractivity contribution in [1.82, 2.24) is 0 Å². The van der Waals surface area contributed by atoms with Crippen molar-refractivity contribution in [2.24, 2.45) is 5.41 Å². The number of carboxylic acid groups (broad SMARTS) is 1. The topological polar surface area (TPSA) is 89.0 Å². The molecule has 0 bridgehead atoms. The molecule has 4 N–H and O–H groups in total. The van der Waals surface area contributed by atoms with Gasteiger partial charge in [-0.3, -0.25) is 4.79 Å². The van der Waals surface area contributed by atoms with Crippen LogP contribution in [0.1, 0.15) is 26.7 Å². The molecule has 0 saturated carbocycles. The summed E-state index contributed by atoms with van der Waals surface area (Å²) < 4.78 is 0. The highest BCUT2D eigenvalue weighted by Crippen LogP contribution is 2.25. The maximum absolute atomic E-state index is 10.6. The maximum atomic E-state index is 10.6. The van der Waals surface area contributed by atoms with Crippen molar-refractivity contribution in [2.45, 2.75) is 26.7 Å². The highest BCUT2D eigenvalue weighted by molar-refractivity contribution is 5.74. The van der Waals surface area contributed by atoms with Gasteiger partial charge in [-0.1, -0.05) is 13.8 Å². The van der Waals surface area contributed by atoms with Crippen molar-refractivity contribution in [2.75, 3.05) is 6.61 Å². The smallest absolute Gasteiger partial charge is 0.311 e. The summed E-state index contributed by atoms with van der Waals surface area (Å²) in [4.78, 5) is 10.6. The van der Waals surface area contributed by atoms with E-state index in [4.69, 9.17) is 10.2 Å². The largest absolute Gasteiger partial charge is 0.481 e. The molecule has 0 aliphatic rings. The van der Waals surface area contributed by atoms with Gasteiger partial charge < -0.3 is 15.7 Å². The van der Waals surface area contributed by atoms with Crippen LogP contribution in [0.15, 0.2) is 0 Å². The van der Waals surface area contributed by atoms with Gasteiger partial charge in [0.2, 0.25) is 0 Å². The minimum atomic E-state index is -0.903. The van der Waals surface area contributed by atoms with Crippen LogP contribution in [0.2, 0.25) is 0 Å². The molecule has 11 heavy (non-hydrogen) atoms. The van der Waals surface area contributed by atoms with E-state index < -0.39 is 11.4 Å². The molecule has 0 spiro atoms. The molecule has 0 aliphatic heterocycles. The predicted molar refractivity (Wildman–Crippen MR) is 41.4 cm³/mol. The Labute approximate surface area is 66.2 Å². The van der Waals surface area contributed by atoms with Gasteiger partial charge in [-0.15, -0.1) is 0 Å². The molecule has 0 aromatic heterocycles. The number of carboxylic acids is 1. The number of rotatable bonds is 4. The zero-order chi connectivity index (χ0) is 8.20. The third-order valence-electron chi connectivity index (χ3n) is 2.11.